The molecule has 0 N–H and O–H groups in total. The van der Waals surface area contributed by atoms with E-state index < -0.39 is 11.5 Å². The normalized spacial score (nSPS) is 35.9. The number of hydrogen-bond donors (Lipinski definition) is 0. The summed E-state index contributed by atoms with van der Waals surface area (Å²) in [6.45, 7) is 1.80. The van der Waals surface area contributed by atoms with Gasteiger partial charge in [-0.1, -0.05) is 11.8 Å². The molecule has 3 nitrogen and oxygen atoms in total. The fourth-order valence-corrected chi connectivity index (χ4v) is 3.33. The molecule has 1 heterocycles. The monoisotopic (exact) mass is 214 g/mol. The Balaban J connectivity index is 2.24. The highest BCUT2D eigenvalue weighted by Gasteiger charge is 2.56. The summed E-state index contributed by atoms with van der Waals surface area (Å²) in [7, 11) is 1.60. The molecule has 0 radical (unpaired) electrons. The van der Waals surface area contributed by atoms with Crippen molar-refractivity contribution in [3.63, 3.8) is 0 Å². The standard InChI is InChI=1S/C10H14O3S/c1-6-8(11)7(9(12)14-6)10(13-2)4-3-5-10/h6-7H,3-5H2,1-2H3. The Bertz CT molecular complexity index is 278. The molecule has 1 aliphatic heterocycles. The third-order valence-electron chi connectivity index (χ3n) is 3.35. The van der Waals surface area contributed by atoms with Crippen LogP contribution in [0, 0.1) is 5.92 Å². The van der Waals surface area contributed by atoms with Gasteiger partial charge in [0, 0.05) is 7.11 Å². The van der Waals surface area contributed by atoms with Gasteiger partial charge in [0.15, 0.2) is 5.78 Å². The Morgan fingerprint density at radius 2 is 2.07 bits per heavy atom. The van der Waals surface area contributed by atoms with Crippen LogP contribution in [0.25, 0.3) is 0 Å². The lowest BCUT2D eigenvalue weighted by molar-refractivity contribution is -0.152. The van der Waals surface area contributed by atoms with E-state index in [0.717, 1.165) is 31.0 Å². The first-order valence-corrected chi connectivity index (χ1v) is 5.78. The second-order valence-corrected chi connectivity index (χ2v) is 5.38. The van der Waals surface area contributed by atoms with Crippen LogP contribution in [0.5, 0.6) is 0 Å². The molecule has 1 saturated heterocycles. The van der Waals surface area contributed by atoms with Gasteiger partial charge in [-0.2, -0.15) is 0 Å². The molecule has 0 aromatic heterocycles. The maximum atomic E-state index is 11.8. The number of rotatable bonds is 2. The van der Waals surface area contributed by atoms with Gasteiger partial charge in [0.05, 0.1) is 10.9 Å². The number of methoxy groups -OCH3 is 1. The van der Waals surface area contributed by atoms with Crippen LogP contribution in [0.2, 0.25) is 0 Å². The molecular formula is C10H14O3S. The Hall–Kier alpha value is -0.350. The number of Topliss-reactive ketones (excluding diaryl/α,β-unsaturated/α-hetero) is 1. The highest BCUT2D eigenvalue weighted by molar-refractivity contribution is 8.15. The molecule has 0 bridgehead atoms. The predicted octanol–water partition coefficient (Wildman–Crippen LogP) is 1.40. The molecule has 2 unspecified atom stereocenters. The van der Waals surface area contributed by atoms with E-state index in [1.165, 1.54) is 0 Å². The van der Waals surface area contributed by atoms with Crippen LogP contribution in [-0.2, 0) is 14.3 Å². The van der Waals surface area contributed by atoms with Gasteiger partial charge in [-0.3, -0.25) is 9.59 Å². The predicted molar refractivity (Wildman–Crippen MR) is 54.1 cm³/mol. The van der Waals surface area contributed by atoms with E-state index in [0.29, 0.717) is 0 Å². The van der Waals surface area contributed by atoms with Crippen LogP contribution in [0.15, 0.2) is 0 Å². The first-order valence-electron chi connectivity index (χ1n) is 4.90. The van der Waals surface area contributed by atoms with E-state index >= 15 is 0 Å². The molecule has 2 atom stereocenters. The van der Waals surface area contributed by atoms with Gasteiger partial charge in [-0.25, -0.2) is 0 Å². The molecule has 0 aromatic carbocycles. The van der Waals surface area contributed by atoms with E-state index in [-0.39, 0.29) is 16.1 Å². The minimum Gasteiger partial charge on any atom is -0.377 e. The minimum atomic E-state index is -0.499. The van der Waals surface area contributed by atoms with Crippen LogP contribution in [-0.4, -0.2) is 28.9 Å². The number of ketones is 1. The zero-order valence-electron chi connectivity index (χ0n) is 8.41. The summed E-state index contributed by atoms with van der Waals surface area (Å²) >= 11 is 1.16. The number of hydrogen-bond acceptors (Lipinski definition) is 4. The Morgan fingerprint density at radius 3 is 2.36 bits per heavy atom. The smallest absolute Gasteiger partial charge is 0.203 e. The molecule has 1 saturated carbocycles. The van der Waals surface area contributed by atoms with Gasteiger partial charge in [0.2, 0.25) is 5.12 Å². The van der Waals surface area contributed by atoms with Crippen LogP contribution in [0.1, 0.15) is 26.2 Å². The lowest BCUT2D eigenvalue weighted by atomic mass is 9.69. The first kappa shape index (κ1) is 10.2. The van der Waals surface area contributed by atoms with Gasteiger partial charge in [0.1, 0.15) is 5.92 Å². The second-order valence-electron chi connectivity index (χ2n) is 4.04. The van der Waals surface area contributed by atoms with Crippen LogP contribution in [0.4, 0.5) is 0 Å². The Kier molecular flexibility index (Phi) is 2.43. The molecule has 2 rings (SSSR count). The topological polar surface area (TPSA) is 43.4 Å². The van der Waals surface area contributed by atoms with Crippen LogP contribution >= 0.6 is 11.8 Å². The Morgan fingerprint density at radius 1 is 1.43 bits per heavy atom. The van der Waals surface area contributed by atoms with E-state index in [9.17, 15) is 9.59 Å². The largest absolute Gasteiger partial charge is 0.377 e. The van der Waals surface area contributed by atoms with E-state index in [1.807, 2.05) is 0 Å². The van der Waals surface area contributed by atoms with Crippen molar-refractivity contribution < 1.29 is 14.3 Å². The van der Waals surface area contributed by atoms with Crippen LogP contribution < -0.4 is 0 Å². The van der Waals surface area contributed by atoms with E-state index in [4.69, 9.17) is 4.74 Å². The van der Waals surface area contributed by atoms with Crippen molar-refractivity contribution in [2.45, 2.75) is 37.0 Å². The summed E-state index contributed by atoms with van der Waals surface area (Å²) in [5, 5.41) is -0.177. The second kappa shape index (κ2) is 3.35. The highest BCUT2D eigenvalue weighted by atomic mass is 32.2. The molecule has 14 heavy (non-hydrogen) atoms. The summed E-state index contributed by atoms with van der Waals surface area (Å²) in [4.78, 5) is 23.4. The summed E-state index contributed by atoms with van der Waals surface area (Å²) in [6.07, 6.45) is 2.75. The maximum Gasteiger partial charge on any atom is 0.203 e. The lowest BCUT2D eigenvalue weighted by Gasteiger charge is -2.43. The van der Waals surface area contributed by atoms with Crippen molar-refractivity contribution in [1.82, 2.24) is 0 Å². The number of thioether (sulfide) groups is 1. The lowest BCUT2D eigenvalue weighted by Crippen LogP contribution is -2.51. The summed E-state index contributed by atoms with van der Waals surface area (Å²) in [5.41, 5.74) is -0.452. The van der Waals surface area contributed by atoms with Crippen molar-refractivity contribution >= 4 is 22.7 Å². The highest BCUT2D eigenvalue weighted by Crippen LogP contribution is 2.47. The molecule has 2 fully saturated rings. The van der Waals surface area contributed by atoms with Crippen molar-refractivity contribution in [1.29, 1.82) is 0 Å². The summed E-state index contributed by atoms with van der Waals surface area (Å²) < 4.78 is 5.39. The van der Waals surface area contributed by atoms with Crippen molar-refractivity contribution in [2.24, 2.45) is 5.92 Å². The maximum absolute atomic E-state index is 11.8. The first-order chi connectivity index (χ1) is 6.60. The van der Waals surface area contributed by atoms with Crippen molar-refractivity contribution in [2.75, 3.05) is 7.11 Å². The fraction of sp³-hybridized carbons (Fsp3) is 0.800. The number of ether oxygens (including phenoxy) is 1. The fourth-order valence-electron chi connectivity index (χ4n) is 2.26. The van der Waals surface area contributed by atoms with Gasteiger partial charge in [-0.05, 0) is 26.2 Å². The molecule has 0 aromatic rings. The SMILES string of the molecule is COC1(C2C(=O)SC(C)C2=O)CCC1. The average molecular weight is 214 g/mol. The van der Waals surface area contributed by atoms with Crippen LogP contribution in [0.3, 0.4) is 0 Å². The zero-order valence-corrected chi connectivity index (χ0v) is 9.23. The quantitative estimate of drug-likeness (QED) is 0.652. The third kappa shape index (κ3) is 1.24. The van der Waals surface area contributed by atoms with E-state index in [1.54, 1.807) is 14.0 Å². The van der Waals surface area contributed by atoms with E-state index in [2.05, 4.69) is 0 Å². The third-order valence-corrected chi connectivity index (χ3v) is 4.40. The molecule has 0 spiro atoms. The number of carbonyl (C=O) groups excluding carboxylic acids is 2. The molecular weight excluding hydrogens is 200 g/mol. The summed E-state index contributed by atoms with van der Waals surface area (Å²) in [6, 6.07) is 0. The minimum absolute atomic E-state index is 0.00375. The molecule has 4 heteroatoms. The van der Waals surface area contributed by atoms with Gasteiger partial charge >= 0.3 is 0 Å². The molecule has 2 aliphatic rings. The van der Waals surface area contributed by atoms with Gasteiger partial charge in [0.25, 0.3) is 0 Å². The number of carbonyl (C=O) groups is 2. The molecule has 78 valence electrons. The van der Waals surface area contributed by atoms with Crippen molar-refractivity contribution in [3.8, 4) is 0 Å². The molecule has 1 aliphatic carbocycles. The summed E-state index contributed by atoms with van der Waals surface area (Å²) in [5.74, 6) is -0.442. The van der Waals surface area contributed by atoms with Crippen molar-refractivity contribution in [3.05, 3.63) is 0 Å². The average Bonchev–Trinajstić information content (AvgIpc) is 2.31. The zero-order chi connectivity index (χ0) is 10.3. The Labute approximate surface area is 87.6 Å². The van der Waals surface area contributed by atoms with Gasteiger partial charge < -0.3 is 4.74 Å². The van der Waals surface area contributed by atoms with Gasteiger partial charge in [-0.15, -0.1) is 0 Å². The molecule has 0 amide bonds.